The van der Waals surface area contributed by atoms with Gasteiger partial charge in [-0.05, 0) is 55.9 Å². The van der Waals surface area contributed by atoms with E-state index in [1.54, 1.807) is 0 Å². The highest BCUT2D eigenvalue weighted by Crippen LogP contribution is 2.31. The first-order valence-corrected chi connectivity index (χ1v) is 9.74. The number of halogens is 2. The van der Waals surface area contributed by atoms with Crippen LogP contribution in [0.5, 0.6) is 0 Å². The van der Waals surface area contributed by atoms with Crippen LogP contribution in [0, 0.1) is 23.5 Å². The lowest BCUT2D eigenvalue weighted by molar-refractivity contribution is -0.126. The van der Waals surface area contributed by atoms with Crippen LogP contribution in [-0.4, -0.2) is 15.9 Å². The number of hydrogen-bond donors (Lipinski definition) is 2. The first-order valence-electron chi connectivity index (χ1n) is 9.74. The number of amides is 1. The smallest absolute Gasteiger partial charge is 0.223 e. The van der Waals surface area contributed by atoms with Gasteiger partial charge in [0.25, 0.3) is 0 Å². The summed E-state index contributed by atoms with van der Waals surface area (Å²) in [6, 6.07) is 11.7. The number of carbonyl (C=O) groups is 1. The molecule has 1 aliphatic carbocycles. The van der Waals surface area contributed by atoms with E-state index in [2.05, 4.69) is 15.3 Å². The highest BCUT2D eigenvalue weighted by atomic mass is 19.1. The van der Waals surface area contributed by atoms with Crippen LogP contribution in [-0.2, 0) is 17.8 Å². The number of nitrogens with one attached hydrogen (secondary N) is 2. The topological polar surface area (TPSA) is 57.8 Å². The normalized spacial score (nSPS) is 19.6. The monoisotopic (exact) mass is 383 g/mol. The summed E-state index contributed by atoms with van der Waals surface area (Å²) >= 11 is 0. The molecule has 1 amide bonds. The van der Waals surface area contributed by atoms with Crippen molar-refractivity contribution in [2.24, 2.45) is 11.8 Å². The van der Waals surface area contributed by atoms with Gasteiger partial charge in [0.15, 0.2) is 0 Å². The fourth-order valence-corrected chi connectivity index (χ4v) is 4.03. The van der Waals surface area contributed by atoms with Gasteiger partial charge >= 0.3 is 0 Å². The molecule has 0 saturated heterocycles. The molecule has 1 saturated carbocycles. The average Bonchev–Trinajstić information content (AvgIpc) is 3.10. The third kappa shape index (κ3) is 4.06. The summed E-state index contributed by atoms with van der Waals surface area (Å²) in [4.78, 5) is 20.4. The molecule has 1 heterocycles. The minimum absolute atomic E-state index is 0.0885. The Balaban J connectivity index is 1.28. The average molecular weight is 383 g/mol. The standard InChI is InChI=1S/C22H23F2N3O/c23-17-4-3-5-18(24)16(17)13-25-22(28)15-10-8-14(9-11-15)12-21-26-19-6-1-2-7-20(19)27-21/h1-7,14-15H,8-13H2,(H,25,28)(H,26,27)/t14-,15+. The second kappa shape index (κ2) is 8.09. The van der Waals surface area contributed by atoms with Gasteiger partial charge in [-0.2, -0.15) is 0 Å². The molecular weight excluding hydrogens is 360 g/mol. The van der Waals surface area contributed by atoms with Crippen LogP contribution < -0.4 is 5.32 Å². The van der Waals surface area contributed by atoms with Gasteiger partial charge < -0.3 is 10.3 Å². The number of rotatable bonds is 5. The number of para-hydroxylation sites is 2. The number of aromatic amines is 1. The highest BCUT2D eigenvalue weighted by molar-refractivity contribution is 5.78. The van der Waals surface area contributed by atoms with Gasteiger partial charge in [-0.15, -0.1) is 0 Å². The van der Waals surface area contributed by atoms with E-state index < -0.39 is 11.6 Å². The number of benzene rings is 2. The zero-order chi connectivity index (χ0) is 19.5. The molecule has 1 fully saturated rings. The summed E-state index contributed by atoms with van der Waals surface area (Å²) in [7, 11) is 0. The second-order valence-corrected chi connectivity index (χ2v) is 7.54. The minimum atomic E-state index is -0.630. The van der Waals surface area contributed by atoms with Crippen LogP contribution in [0.3, 0.4) is 0 Å². The Kier molecular flexibility index (Phi) is 5.37. The molecule has 3 aromatic rings. The Morgan fingerprint density at radius 3 is 2.46 bits per heavy atom. The molecule has 0 spiro atoms. The van der Waals surface area contributed by atoms with E-state index in [1.165, 1.54) is 18.2 Å². The number of carbonyl (C=O) groups excluding carboxylic acids is 1. The van der Waals surface area contributed by atoms with Crippen molar-refractivity contribution in [1.82, 2.24) is 15.3 Å². The summed E-state index contributed by atoms with van der Waals surface area (Å²) in [5.41, 5.74) is 1.94. The van der Waals surface area contributed by atoms with Gasteiger partial charge in [0.2, 0.25) is 5.91 Å². The van der Waals surface area contributed by atoms with Crippen molar-refractivity contribution in [3.8, 4) is 0 Å². The molecule has 0 atom stereocenters. The molecule has 146 valence electrons. The van der Waals surface area contributed by atoms with Crippen LogP contribution in [0.4, 0.5) is 8.78 Å². The van der Waals surface area contributed by atoms with E-state index in [0.717, 1.165) is 49.0 Å². The lowest BCUT2D eigenvalue weighted by atomic mass is 9.80. The van der Waals surface area contributed by atoms with Crippen LogP contribution >= 0.6 is 0 Å². The van der Waals surface area contributed by atoms with Crippen molar-refractivity contribution < 1.29 is 13.6 Å². The van der Waals surface area contributed by atoms with Crippen molar-refractivity contribution in [3.63, 3.8) is 0 Å². The van der Waals surface area contributed by atoms with Crippen LogP contribution in [0.25, 0.3) is 11.0 Å². The van der Waals surface area contributed by atoms with Gasteiger partial charge in [-0.25, -0.2) is 13.8 Å². The summed E-state index contributed by atoms with van der Waals surface area (Å²) in [5.74, 6) is 0.00837. The van der Waals surface area contributed by atoms with Gasteiger partial charge in [0, 0.05) is 24.4 Å². The fraction of sp³-hybridized carbons (Fsp3) is 0.364. The largest absolute Gasteiger partial charge is 0.352 e. The Hall–Kier alpha value is -2.76. The van der Waals surface area contributed by atoms with Crippen molar-refractivity contribution in [3.05, 3.63) is 65.5 Å². The van der Waals surface area contributed by atoms with E-state index in [0.29, 0.717) is 5.92 Å². The zero-order valence-electron chi connectivity index (χ0n) is 15.6. The molecule has 0 unspecified atom stereocenters. The summed E-state index contributed by atoms with van der Waals surface area (Å²) in [6.07, 6.45) is 4.35. The van der Waals surface area contributed by atoms with E-state index in [9.17, 15) is 13.6 Å². The summed E-state index contributed by atoms with van der Waals surface area (Å²) in [6.45, 7) is -0.115. The number of fused-ring (bicyclic) bond motifs is 1. The molecule has 4 nitrogen and oxygen atoms in total. The van der Waals surface area contributed by atoms with Gasteiger partial charge in [-0.3, -0.25) is 4.79 Å². The maximum atomic E-state index is 13.7. The van der Waals surface area contributed by atoms with Crippen LogP contribution in [0.1, 0.15) is 37.1 Å². The molecule has 4 rings (SSSR count). The molecule has 1 aromatic heterocycles. The quantitative estimate of drug-likeness (QED) is 0.681. The second-order valence-electron chi connectivity index (χ2n) is 7.54. The third-order valence-electron chi connectivity index (χ3n) is 5.64. The molecule has 0 aliphatic heterocycles. The van der Waals surface area contributed by atoms with E-state index in [4.69, 9.17) is 0 Å². The van der Waals surface area contributed by atoms with Gasteiger partial charge in [0.1, 0.15) is 17.5 Å². The van der Waals surface area contributed by atoms with E-state index in [-0.39, 0.29) is 23.9 Å². The molecule has 1 aliphatic rings. The molecule has 2 N–H and O–H groups in total. The van der Waals surface area contributed by atoms with Crippen molar-refractivity contribution in [2.75, 3.05) is 0 Å². The number of imidazole rings is 1. The van der Waals surface area contributed by atoms with Crippen LogP contribution in [0.2, 0.25) is 0 Å². The Bertz CT molecular complexity index is 924. The van der Waals surface area contributed by atoms with E-state index >= 15 is 0 Å². The van der Waals surface area contributed by atoms with Crippen molar-refractivity contribution >= 4 is 16.9 Å². The number of H-pyrrole nitrogens is 1. The van der Waals surface area contributed by atoms with Crippen molar-refractivity contribution in [2.45, 2.75) is 38.6 Å². The van der Waals surface area contributed by atoms with E-state index in [1.807, 2.05) is 24.3 Å². The molecule has 28 heavy (non-hydrogen) atoms. The zero-order valence-corrected chi connectivity index (χ0v) is 15.6. The predicted octanol–water partition coefficient (Wildman–Crippen LogP) is 4.51. The van der Waals surface area contributed by atoms with Gasteiger partial charge in [-0.1, -0.05) is 18.2 Å². The Morgan fingerprint density at radius 2 is 1.75 bits per heavy atom. The predicted molar refractivity (Wildman–Crippen MR) is 103 cm³/mol. The highest BCUT2D eigenvalue weighted by Gasteiger charge is 2.27. The molecule has 0 bridgehead atoms. The van der Waals surface area contributed by atoms with Crippen molar-refractivity contribution in [1.29, 1.82) is 0 Å². The number of hydrogen-bond acceptors (Lipinski definition) is 2. The summed E-state index contributed by atoms with van der Waals surface area (Å²) < 4.78 is 27.4. The summed E-state index contributed by atoms with van der Waals surface area (Å²) in [5, 5.41) is 2.70. The third-order valence-corrected chi connectivity index (χ3v) is 5.64. The maximum Gasteiger partial charge on any atom is 0.223 e. The van der Waals surface area contributed by atoms with Gasteiger partial charge in [0.05, 0.1) is 11.0 Å². The molecular formula is C22H23F2N3O. The fourth-order valence-electron chi connectivity index (χ4n) is 4.03. The first kappa shape index (κ1) is 18.6. The lowest BCUT2D eigenvalue weighted by Crippen LogP contribution is -2.33. The SMILES string of the molecule is O=C(NCc1c(F)cccc1F)[C@H]1CC[C@@H](Cc2nc3ccccc3[nH]2)CC1. The maximum absolute atomic E-state index is 13.7. The van der Waals surface area contributed by atoms with Crippen LogP contribution in [0.15, 0.2) is 42.5 Å². The molecule has 2 aromatic carbocycles. The number of nitrogens with zero attached hydrogens (tertiary/aromatic N) is 1. The minimum Gasteiger partial charge on any atom is -0.352 e. The lowest BCUT2D eigenvalue weighted by Gasteiger charge is -2.27. The molecule has 6 heteroatoms. The molecule has 0 radical (unpaired) electrons. The Morgan fingerprint density at radius 1 is 1.04 bits per heavy atom. The Labute approximate surface area is 162 Å². The first-order chi connectivity index (χ1) is 13.6. The number of aromatic nitrogens is 2.